The van der Waals surface area contributed by atoms with Gasteiger partial charge in [-0.1, -0.05) is 25.1 Å². The second kappa shape index (κ2) is 7.08. The van der Waals surface area contributed by atoms with Crippen molar-refractivity contribution in [3.05, 3.63) is 29.3 Å². The number of anilines is 1. The number of aryl methyl sites for hydroxylation is 2. The highest BCUT2D eigenvalue weighted by Gasteiger charge is 2.26. The maximum atomic E-state index is 12.9. The molecule has 116 valence electrons. The zero-order chi connectivity index (χ0) is 15.4. The van der Waals surface area contributed by atoms with Crippen LogP contribution in [0.15, 0.2) is 18.2 Å². The van der Waals surface area contributed by atoms with Crippen LogP contribution in [0.4, 0.5) is 5.69 Å². The monoisotopic (exact) mass is 288 g/mol. The molecule has 21 heavy (non-hydrogen) atoms. The van der Waals surface area contributed by atoms with E-state index in [0.717, 1.165) is 25.2 Å². The van der Waals surface area contributed by atoms with Crippen LogP contribution in [-0.4, -0.2) is 36.5 Å². The molecule has 1 heterocycles. The van der Waals surface area contributed by atoms with Crippen LogP contribution >= 0.6 is 0 Å². The summed E-state index contributed by atoms with van der Waals surface area (Å²) in [7, 11) is 0. The Bertz CT molecular complexity index is 472. The summed E-state index contributed by atoms with van der Waals surface area (Å²) in [6.07, 6.45) is 3.42. The zero-order valence-electron chi connectivity index (χ0n) is 13.9. The Kier molecular flexibility index (Phi) is 5.40. The molecule has 1 atom stereocenters. The van der Waals surface area contributed by atoms with Crippen molar-refractivity contribution in [2.75, 3.05) is 24.5 Å². The minimum Gasteiger partial charge on any atom is -0.308 e. The molecule has 1 aliphatic rings. The summed E-state index contributed by atoms with van der Waals surface area (Å²) in [6.45, 7) is 11.2. The van der Waals surface area contributed by atoms with Gasteiger partial charge in [-0.05, 0) is 64.3 Å². The van der Waals surface area contributed by atoms with Crippen LogP contribution in [0, 0.1) is 13.8 Å². The van der Waals surface area contributed by atoms with E-state index in [1.807, 2.05) is 4.90 Å². The molecule has 1 amide bonds. The van der Waals surface area contributed by atoms with Gasteiger partial charge in [-0.15, -0.1) is 0 Å². The molecular weight excluding hydrogens is 260 g/mol. The molecule has 3 nitrogen and oxygen atoms in total. The van der Waals surface area contributed by atoms with E-state index < -0.39 is 0 Å². The van der Waals surface area contributed by atoms with Crippen LogP contribution in [0.25, 0.3) is 0 Å². The molecule has 1 unspecified atom stereocenters. The second-order valence-corrected chi connectivity index (χ2v) is 6.24. The fraction of sp³-hybridized carbons (Fsp3) is 0.611. The number of carbonyl (C=O) groups excluding carboxylic acids is 1. The van der Waals surface area contributed by atoms with Gasteiger partial charge in [-0.2, -0.15) is 0 Å². The van der Waals surface area contributed by atoms with Gasteiger partial charge in [0.15, 0.2) is 0 Å². The van der Waals surface area contributed by atoms with E-state index >= 15 is 0 Å². The maximum absolute atomic E-state index is 12.9. The van der Waals surface area contributed by atoms with Gasteiger partial charge in [-0.3, -0.25) is 9.69 Å². The van der Waals surface area contributed by atoms with Crippen LogP contribution in [0.2, 0.25) is 0 Å². The fourth-order valence-electron chi connectivity index (χ4n) is 3.17. The van der Waals surface area contributed by atoms with E-state index in [0.29, 0.717) is 6.54 Å². The number of benzene rings is 1. The third-order valence-electron chi connectivity index (χ3n) is 4.54. The number of nitrogens with zero attached hydrogens (tertiary/aromatic N) is 2. The van der Waals surface area contributed by atoms with Crippen LogP contribution in [-0.2, 0) is 4.79 Å². The Morgan fingerprint density at radius 2 is 1.81 bits per heavy atom. The summed E-state index contributed by atoms with van der Waals surface area (Å²) in [6, 6.07) is 6.50. The minimum absolute atomic E-state index is 0.236. The molecule has 2 rings (SSSR count). The molecule has 0 saturated carbocycles. The van der Waals surface area contributed by atoms with Crippen LogP contribution in [0.1, 0.15) is 44.2 Å². The van der Waals surface area contributed by atoms with Crippen LogP contribution < -0.4 is 4.90 Å². The summed E-state index contributed by atoms with van der Waals surface area (Å²) in [5.41, 5.74) is 3.48. The highest BCUT2D eigenvalue weighted by molar-refractivity contribution is 5.96. The van der Waals surface area contributed by atoms with Gasteiger partial charge < -0.3 is 4.90 Å². The SMILES string of the molecule is CCC(C)N(C(=O)CN1CCCC1)c1c(C)cccc1C. The smallest absolute Gasteiger partial charge is 0.241 e. The van der Waals surface area contributed by atoms with Crippen molar-refractivity contribution < 1.29 is 4.79 Å². The molecule has 0 aromatic heterocycles. The predicted octanol–water partition coefficient (Wildman–Crippen LogP) is 3.53. The Morgan fingerprint density at radius 1 is 1.24 bits per heavy atom. The van der Waals surface area contributed by atoms with Gasteiger partial charge in [0.05, 0.1) is 6.54 Å². The third-order valence-corrected chi connectivity index (χ3v) is 4.54. The zero-order valence-corrected chi connectivity index (χ0v) is 13.9. The first-order chi connectivity index (χ1) is 10.0. The molecule has 0 spiro atoms. The van der Waals surface area contributed by atoms with Crippen molar-refractivity contribution in [2.45, 2.75) is 53.0 Å². The molecule has 1 aromatic rings. The Balaban J connectivity index is 2.27. The number of amides is 1. The van der Waals surface area contributed by atoms with Crippen molar-refractivity contribution in [1.82, 2.24) is 4.90 Å². The fourth-order valence-corrected chi connectivity index (χ4v) is 3.17. The first-order valence-corrected chi connectivity index (χ1v) is 8.15. The lowest BCUT2D eigenvalue weighted by molar-refractivity contribution is -0.120. The average Bonchev–Trinajstić information content (AvgIpc) is 2.95. The normalized spacial score (nSPS) is 17.0. The van der Waals surface area contributed by atoms with Gasteiger partial charge in [0.2, 0.25) is 5.91 Å². The highest BCUT2D eigenvalue weighted by Crippen LogP contribution is 2.27. The molecule has 0 radical (unpaired) electrons. The second-order valence-electron chi connectivity index (χ2n) is 6.24. The largest absolute Gasteiger partial charge is 0.308 e. The lowest BCUT2D eigenvalue weighted by Crippen LogP contribution is -2.44. The maximum Gasteiger partial charge on any atom is 0.241 e. The van der Waals surface area contributed by atoms with E-state index in [9.17, 15) is 4.79 Å². The Hall–Kier alpha value is -1.35. The predicted molar refractivity (Wildman–Crippen MR) is 88.8 cm³/mol. The van der Waals surface area contributed by atoms with Crippen molar-refractivity contribution >= 4 is 11.6 Å². The molecule has 1 saturated heterocycles. The molecule has 1 fully saturated rings. The lowest BCUT2D eigenvalue weighted by atomic mass is 10.0. The van der Waals surface area contributed by atoms with Gasteiger partial charge in [0, 0.05) is 11.7 Å². The summed E-state index contributed by atoms with van der Waals surface area (Å²) >= 11 is 0. The average molecular weight is 288 g/mol. The van der Waals surface area contributed by atoms with Gasteiger partial charge in [0.1, 0.15) is 0 Å². The highest BCUT2D eigenvalue weighted by atomic mass is 16.2. The Labute approximate surface area is 128 Å². The summed E-state index contributed by atoms with van der Waals surface area (Å²) in [5, 5.41) is 0. The number of hydrogen-bond donors (Lipinski definition) is 0. The van der Waals surface area contributed by atoms with Crippen molar-refractivity contribution in [3.63, 3.8) is 0 Å². The quantitative estimate of drug-likeness (QED) is 0.827. The van der Waals surface area contributed by atoms with Crippen molar-refractivity contribution in [2.24, 2.45) is 0 Å². The number of para-hydroxylation sites is 1. The summed E-state index contributed by atoms with van der Waals surface area (Å²) in [5.74, 6) is 0.239. The first-order valence-electron chi connectivity index (χ1n) is 8.15. The molecule has 0 bridgehead atoms. The number of rotatable bonds is 5. The summed E-state index contributed by atoms with van der Waals surface area (Å²) in [4.78, 5) is 17.2. The number of hydrogen-bond acceptors (Lipinski definition) is 2. The molecule has 1 aromatic carbocycles. The van der Waals surface area contributed by atoms with E-state index in [1.54, 1.807) is 0 Å². The van der Waals surface area contributed by atoms with Gasteiger partial charge in [-0.25, -0.2) is 0 Å². The van der Waals surface area contributed by atoms with Gasteiger partial charge in [0.25, 0.3) is 0 Å². The Morgan fingerprint density at radius 3 is 2.33 bits per heavy atom. The number of carbonyl (C=O) groups is 1. The van der Waals surface area contributed by atoms with Crippen molar-refractivity contribution in [1.29, 1.82) is 0 Å². The minimum atomic E-state index is 0.236. The third kappa shape index (κ3) is 3.65. The molecule has 0 N–H and O–H groups in total. The molecular formula is C18H28N2O. The topological polar surface area (TPSA) is 23.6 Å². The van der Waals surface area contributed by atoms with Gasteiger partial charge >= 0.3 is 0 Å². The van der Waals surface area contributed by atoms with E-state index in [4.69, 9.17) is 0 Å². The number of likely N-dealkylation sites (tertiary alicyclic amines) is 1. The van der Waals surface area contributed by atoms with E-state index in [-0.39, 0.29) is 11.9 Å². The summed E-state index contributed by atoms with van der Waals surface area (Å²) < 4.78 is 0. The first kappa shape index (κ1) is 16.0. The van der Waals surface area contributed by atoms with E-state index in [2.05, 4.69) is 50.8 Å². The molecule has 0 aliphatic carbocycles. The molecule has 3 heteroatoms. The standard InChI is InChI=1S/C18H28N2O/c1-5-16(4)20(17(21)13-19-11-6-7-12-19)18-14(2)9-8-10-15(18)3/h8-10,16H,5-7,11-13H2,1-4H3. The van der Waals surface area contributed by atoms with Crippen LogP contribution in [0.5, 0.6) is 0 Å². The molecule has 1 aliphatic heterocycles. The van der Waals surface area contributed by atoms with Crippen LogP contribution in [0.3, 0.4) is 0 Å². The van der Waals surface area contributed by atoms with Crippen molar-refractivity contribution in [3.8, 4) is 0 Å². The lowest BCUT2D eigenvalue weighted by Gasteiger charge is -2.33. The van der Waals surface area contributed by atoms with E-state index in [1.165, 1.54) is 24.0 Å².